The lowest BCUT2D eigenvalue weighted by molar-refractivity contribution is 0.641. The number of halogens is 1. The molecule has 0 saturated heterocycles. The molecule has 0 spiro atoms. The minimum Gasteiger partial charge on any atom is -0.327 e. The van der Waals surface area contributed by atoms with Crippen molar-refractivity contribution in [3.63, 3.8) is 0 Å². The molecule has 0 radical (unpaired) electrons. The van der Waals surface area contributed by atoms with Crippen molar-refractivity contribution in [2.75, 3.05) is 0 Å². The summed E-state index contributed by atoms with van der Waals surface area (Å²) in [4.78, 5) is 2.49. The highest BCUT2D eigenvalue weighted by molar-refractivity contribution is 7.99. The predicted molar refractivity (Wildman–Crippen MR) is 93.5 cm³/mol. The first-order valence-electron chi connectivity index (χ1n) is 7.28. The Hall–Kier alpha value is -0.960. The molecular weight excluding hydrogens is 298 g/mol. The van der Waals surface area contributed by atoms with Gasteiger partial charge >= 0.3 is 0 Å². The van der Waals surface area contributed by atoms with Gasteiger partial charge < -0.3 is 5.73 Å². The Kier molecular flexibility index (Phi) is 5.74. The fraction of sp³-hybridized carbons (Fsp3) is 0.333. The van der Waals surface area contributed by atoms with E-state index in [2.05, 4.69) is 45.0 Å². The van der Waals surface area contributed by atoms with Crippen LogP contribution in [0.25, 0.3) is 0 Å². The molecule has 0 amide bonds. The summed E-state index contributed by atoms with van der Waals surface area (Å²) in [6.45, 7) is 6.39. The summed E-state index contributed by atoms with van der Waals surface area (Å²) in [5.74, 6) is 0. The summed E-state index contributed by atoms with van der Waals surface area (Å²) >= 11 is 7.96. The van der Waals surface area contributed by atoms with Gasteiger partial charge in [0.2, 0.25) is 0 Å². The second-order valence-corrected chi connectivity index (χ2v) is 7.02. The predicted octanol–water partition coefficient (Wildman–Crippen LogP) is 5.39. The first kappa shape index (κ1) is 16.4. The van der Waals surface area contributed by atoms with Gasteiger partial charge in [0.05, 0.1) is 0 Å². The Morgan fingerprint density at radius 2 is 1.86 bits per heavy atom. The maximum absolute atomic E-state index is 6.18. The Morgan fingerprint density at radius 1 is 1.10 bits per heavy atom. The highest BCUT2D eigenvalue weighted by Gasteiger charge is 2.10. The molecule has 2 aromatic rings. The molecule has 1 nitrogen and oxygen atoms in total. The Balaban J connectivity index is 2.33. The SMILES string of the molecule is CCC(N)Cc1ccc(Cl)cc1Sc1cc(C)ccc1C. The third-order valence-corrected chi connectivity index (χ3v) is 5.09. The lowest BCUT2D eigenvalue weighted by Gasteiger charge is -2.15. The molecule has 0 aliphatic rings. The van der Waals surface area contributed by atoms with Crippen molar-refractivity contribution in [2.45, 2.75) is 49.4 Å². The number of hydrogen-bond donors (Lipinski definition) is 1. The van der Waals surface area contributed by atoms with E-state index in [0.717, 1.165) is 17.9 Å². The molecule has 2 N–H and O–H groups in total. The fourth-order valence-electron chi connectivity index (χ4n) is 2.15. The molecule has 3 heteroatoms. The van der Waals surface area contributed by atoms with Crippen LogP contribution in [0.4, 0.5) is 0 Å². The lowest BCUT2D eigenvalue weighted by atomic mass is 10.1. The molecule has 2 aromatic carbocycles. The van der Waals surface area contributed by atoms with Crippen LogP contribution in [0.5, 0.6) is 0 Å². The van der Waals surface area contributed by atoms with Crippen LogP contribution in [0.2, 0.25) is 5.02 Å². The average molecular weight is 320 g/mol. The van der Waals surface area contributed by atoms with Crippen LogP contribution < -0.4 is 5.73 Å². The molecule has 0 saturated carbocycles. The molecule has 112 valence electrons. The molecule has 0 bridgehead atoms. The highest BCUT2D eigenvalue weighted by Crippen LogP contribution is 2.35. The van der Waals surface area contributed by atoms with Gasteiger partial charge in [-0.15, -0.1) is 0 Å². The Bertz CT molecular complexity index is 625. The molecule has 2 rings (SSSR count). The van der Waals surface area contributed by atoms with Crippen molar-refractivity contribution in [3.8, 4) is 0 Å². The molecule has 0 aromatic heterocycles. The van der Waals surface area contributed by atoms with Crippen LogP contribution in [0.15, 0.2) is 46.2 Å². The topological polar surface area (TPSA) is 26.0 Å². The molecule has 0 fully saturated rings. The third-order valence-electron chi connectivity index (χ3n) is 3.60. The van der Waals surface area contributed by atoms with Crippen molar-refractivity contribution in [3.05, 3.63) is 58.1 Å². The van der Waals surface area contributed by atoms with Crippen molar-refractivity contribution in [1.82, 2.24) is 0 Å². The number of hydrogen-bond acceptors (Lipinski definition) is 2. The summed E-state index contributed by atoms with van der Waals surface area (Å²) in [5, 5.41) is 0.775. The second kappa shape index (κ2) is 7.35. The van der Waals surface area contributed by atoms with Crippen LogP contribution in [0.3, 0.4) is 0 Å². The molecule has 1 unspecified atom stereocenters. The van der Waals surface area contributed by atoms with Crippen molar-refractivity contribution < 1.29 is 0 Å². The van der Waals surface area contributed by atoms with E-state index in [1.54, 1.807) is 11.8 Å². The van der Waals surface area contributed by atoms with Crippen LogP contribution in [0.1, 0.15) is 30.0 Å². The molecule has 21 heavy (non-hydrogen) atoms. The highest BCUT2D eigenvalue weighted by atomic mass is 35.5. The van der Waals surface area contributed by atoms with Gasteiger partial charge in [0.1, 0.15) is 0 Å². The summed E-state index contributed by atoms with van der Waals surface area (Å²) in [6.07, 6.45) is 1.87. The quantitative estimate of drug-likeness (QED) is 0.799. The van der Waals surface area contributed by atoms with E-state index in [1.807, 2.05) is 12.1 Å². The zero-order valence-electron chi connectivity index (χ0n) is 12.8. The van der Waals surface area contributed by atoms with E-state index in [4.69, 9.17) is 17.3 Å². The van der Waals surface area contributed by atoms with Gasteiger partial charge in [0.15, 0.2) is 0 Å². The van der Waals surface area contributed by atoms with Crippen LogP contribution in [-0.4, -0.2) is 6.04 Å². The maximum Gasteiger partial charge on any atom is 0.0417 e. The Morgan fingerprint density at radius 3 is 2.57 bits per heavy atom. The standard InChI is InChI=1S/C18H22ClNS/c1-4-16(20)10-14-7-8-15(19)11-18(14)21-17-9-12(2)5-6-13(17)3/h5-9,11,16H,4,10,20H2,1-3H3. The fourth-order valence-corrected chi connectivity index (χ4v) is 3.57. The van der Waals surface area contributed by atoms with Crippen molar-refractivity contribution >= 4 is 23.4 Å². The third kappa shape index (κ3) is 4.50. The van der Waals surface area contributed by atoms with Crippen molar-refractivity contribution in [2.24, 2.45) is 5.73 Å². The zero-order valence-corrected chi connectivity index (χ0v) is 14.4. The first-order valence-corrected chi connectivity index (χ1v) is 8.48. The first-order chi connectivity index (χ1) is 9.99. The maximum atomic E-state index is 6.18. The van der Waals surface area contributed by atoms with E-state index >= 15 is 0 Å². The average Bonchev–Trinajstić information content (AvgIpc) is 2.45. The number of benzene rings is 2. The minimum atomic E-state index is 0.198. The summed E-state index contributed by atoms with van der Waals surface area (Å²) < 4.78 is 0. The molecule has 0 heterocycles. The molecule has 1 atom stereocenters. The van der Waals surface area contributed by atoms with E-state index in [9.17, 15) is 0 Å². The van der Waals surface area contributed by atoms with E-state index in [-0.39, 0.29) is 6.04 Å². The van der Waals surface area contributed by atoms with Crippen LogP contribution in [0, 0.1) is 13.8 Å². The van der Waals surface area contributed by atoms with Gasteiger partial charge in [0.25, 0.3) is 0 Å². The Labute approximate surface area is 136 Å². The molecule has 0 aliphatic heterocycles. The minimum absolute atomic E-state index is 0.198. The van der Waals surface area contributed by atoms with E-state index in [1.165, 1.54) is 26.5 Å². The van der Waals surface area contributed by atoms with Crippen LogP contribution in [-0.2, 0) is 6.42 Å². The van der Waals surface area contributed by atoms with Gasteiger partial charge in [-0.1, -0.05) is 48.5 Å². The molecular formula is C18H22ClNS. The van der Waals surface area contributed by atoms with Gasteiger partial charge in [0, 0.05) is 20.9 Å². The number of rotatable bonds is 5. The van der Waals surface area contributed by atoms with E-state index < -0.39 is 0 Å². The number of nitrogens with two attached hydrogens (primary N) is 1. The summed E-state index contributed by atoms with van der Waals surface area (Å²) in [7, 11) is 0. The smallest absolute Gasteiger partial charge is 0.0417 e. The van der Waals surface area contributed by atoms with Crippen molar-refractivity contribution in [1.29, 1.82) is 0 Å². The second-order valence-electron chi connectivity index (χ2n) is 5.50. The van der Waals surface area contributed by atoms with Gasteiger partial charge in [-0.25, -0.2) is 0 Å². The summed E-state index contributed by atoms with van der Waals surface area (Å²) in [6, 6.07) is 12.8. The normalized spacial score (nSPS) is 12.4. The van der Waals surface area contributed by atoms with E-state index in [0.29, 0.717) is 0 Å². The van der Waals surface area contributed by atoms with Crippen LogP contribution >= 0.6 is 23.4 Å². The zero-order chi connectivity index (χ0) is 15.4. The monoisotopic (exact) mass is 319 g/mol. The van der Waals surface area contributed by atoms with Gasteiger partial charge in [-0.05, 0) is 61.6 Å². The summed E-state index contributed by atoms with van der Waals surface area (Å²) in [5.41, 5.74) is 9.96. The molecule has 0 aliphatic carbocycles. The van der Waals surface area contributed by atoms with Gasteiger partial charge in [-0.2, -0.15) is 0 Å². The number of aryl methyl sites for hydroxylation is 2. The lowest BCUT2D eigenvalue weighted by Crippen LogP contribution is -2.21. The van der Waals surface area contributed by atoms with Gasteiger partial charge in [-0.3, -0.25) is 0 Å². The largest absolute Gasteiger partial charge is 0.327 e.